The number of halogens is 2. The molecule has 0 radical (unpaired) electrons. The van der Waals surface area contributed by atoms with Crippen LogP contribution < -0.4 is 10.6 Å². The van der Waals surface area contributed by atoms with Crippen molar-refractivity contribution in [3.05, 3.63) is 51.4 Å². The van der Waals surface area contributed by atoms with Crippen LogP contribution >= 0.6 is 31.9 Å². The molecule has 0 aliphatic carbocycles. The lowest BCUT2D eigenvalue weighted by molar-refractivity contribution is 0.0850. The van der Waals surface area contributed by atoms with Crippen LogP contribution in [0.4, 0.5) is 17.1 Å². The van der Waals surface area contributed by atoms with Crippen LogP contribution in [0.25, 0.3) is 0 Å². The van der Waals surface area contributed by atoms with E-state index in [9.17, 15) is 0 Å². The molecule has 1 spiro atoms. The van der Waals surface area contributed by atoms with Crippen molar-refractivity contribution in [3.8, 4) is 0 Å². The lowest BCUT2D eigenvalue weighted by Gasteiger charge is -2.31. The van der Waals surface area contributed by atoms with Gasteiger partial charge in [-0.25, -0.2) is 4.99 Å². The van der Waals surface area contributed by atoms with Gasteiger partial charge in [-0.05, 0) is 42.5 Å². The van der Waals surface area contributed by atoms with Crippen LogP contribution in [0, 0.1) is 0 Å². The SMILES string of the molecule is NC1=Nc2cc(Br)ccc2N(c2ccc(Br)cc2)C12OO2. The molecular formula is C14H9Br2N3O2. The number of amidine groups is 1. The fourth-order valence-electron chi connectivity index (χ4n) is 2.35. The Kier molecular flexibility index (Phi) is 2.87. The summed E-state index contributed by atoms with van der Waals surface area (Å²) in [5, 5.41) is 0. The predicted molar refractivity (Wildman–Crippen MR) is 86.6 cm³/mol. The van der Waals surface area contributed by atoms with E-state index in [1.807, 2.05) is 47.4 Å². The van der Waals surface area contributed by atoms with Crippen molar-refractivity contribution in [1.29, 1.82) is 0 Å². The Labute approximate surface area is 137 Å². The summed E-state index contributed by atoms with van der Waals surface area (Å²) in [6.07, 6.45) is 0. The highest BCUT2D eigenvalue weighted by Crippen LogP contribution is 2.50. The third-order valence-corrected chi connectivity index (χ3v) is 4.39. The maximum Gasteiger partial charge on any atom is 0.373 e. The van der Waals surface area contributed by atoms with E-state index in [2.05, 4.69) is 36.9 Å². The van der Waals surface area contributed by atoms with Crippen LogP contribution in [-0.2, 0) is 9.78 Å². The lowest BCUT2D eigenvalue weighted by atomic mass is 10.1. The van der Waals surface area contributed by atoms with Crippen molar-refractivity contribution in [3.63, 3.8) is 0 Å². The Morgan fingerprint density at radius 2 is 1.67 bits per heavy atom. The average Bonchev–Trinajstić information content (AvgIpc) is 3.24. The molecule has 2 aliphatic heterocycles. The van der Waals surface area contributed by atoms with Crippen molar-refractivity contribution in [2.24, 2.45) is 10.7 Å². The van der Waals surface area contributed by atoms with Crippen molar-refractivity contribution in [2.75, 3.05) is 4.90 Å². The second-order valence-electron chi connectivity index (χ2n) is 4.69. The van der Waals surface area contributed by atoms with E-state index in [-0.39, 0.29) is 5.84 Å². The first-order valence-corrected chi connectivity index (χ1v) is 7.75. The zero-order valence-corrected chi connectivity index (χ0v) is 13.8. The first kappa shape index (κ1) is 13.3. The van der Waals surface area contributed by atoms with Crippen molar-refractivity contribution in [1.82, 2.24) is 0 Å². The number of nitrogens with two attached hydrogens (primary N) is 1. The molecule has 2 aromatic carbocycles. The number of rotatable bonds is 1. The number of anilines is 2. The van der Waals surface area contributed by atoms with Crippen LogP contribution in [-0.4, -0.2) is 11.7 Å². The maximum absolute atomic E-state index is 6.03. The Balaban J connectivity index is 1.92. The number of benzene rings is 2. The average molecular weight is 411 g/mol. The summed E-state index contributed by atoms with van der Waals surface area (Å²) in [7, 11) is 0. The van der Waals surface area contributed by atoms with E-state index in [4.69, 9.17) is 15.5 Å². The summed E-state index contributed by atoms with van der Waals surface area (Å²) in [6, 6.07) is 13.6. The molecule has 0 saturated carbocycles. The molecular weight excluding hydrogens is 402 g/mol. The predicted octanol–water partition coefficient (Wildman–Crippen LogP) is 3.97. The van der Waals surface area contributed by atoms with Crippen molar-refractivity contribution in [2.45, 2.75) is 5.91 Å². The summed E-state index contributed by atoms with van der Waals surface area (Å²) >= 11 is 6.87. The monoisotopic (exact) mass is 409 g/mol. The van der Waals surface area contributed by atoms with Crippen LogP contribution in [0.5, 0.6) is 0 Å². The third-order valence-electron chi connectivity index (χ3n) is 3.36. The summed E-state index contributed by atoms with van der Waals surface area (Å²) in [4.78, 5) is 16.6. The van der Waals surface area contributed by atoms with Gasteiger partial charge >= 0.3 is 5.91 Å². The minimum absolute atomic E-state index is 0.274. The van der Waals surface area contributed by atoms with Gasteiger partial charge in [0.15, 0.2) is 5.84 Å². The normalized spacial score (nSPS) is 18.4. The number of aliphatic imine (C=N–C) groups is 1. The number of hydrogen-bond donors (Lipinski definition) is 1. The van der Waals surface area contributed by atoms with E-state index < -0.39 is 5.91 Å². The molecule has 0 aromatic heterocycles. The van der Waals surface area contributed by atoms with Crippen LogP contribution in [0.15, 0.2) is 56.4 Å². The standard InChI is InChI=1S/C14H9Br2N3O2/c15-8-1-4-10(5-2-8)19-12-6-3-9(16)7-11(12)18-13(17)14(19)20-21-14/h1-7H,(H2,17,18). The second kappa shape index (κ2) is 4.54. The molecule has 0 unspecified atom stereocenters. The highest BCUT2D eigenvalue weighted by Gasteiger charge is 2.62. The zero-order valence-electron chi connectivity index (χ0n) is 10.6. The van der Waals surface area contributed by atoms with Crippen LogP contribution in [0.1, 0.15) is 0 Å². The van der Waals surface area contributed by atoms with Gasteiger partial charge < -0.3 is 5.73 Å². The van der Waals surface area contributed by atoms with E-state index in [0.29, 0.717) is 0 Å². The van der Waals surface area contributed by atoms with Gasteiger partial charge in [-0.1, -0.05) is 31.9 Å². The highest BCUT2D eigenvalue weighted by molar-refractivity contribution is 9.10. The second-order valence-corrected chi connectivity index (χ2v) is 6.52. The Morgan fingerprint density at radius 1 is 1.00 bits per heavy atom. The van der Waals surface area contributed by atoms with Gasteiger partial charge in [-0.2, -0.15) is 9.78 Å². The van der Waals surface area contributed by atoms with Crippen LogP contribution in [0.2, 0.25) is 0 Å². The molecule has 2 aromatic rings. The van der Waals surface area contributed by atoms with E-state index in [1.165, 1.54) is 0 Å². The molecule has 5 nitrogen and oxygen atoms in total. The molecule has 106 valence electrons. The van der Waals surface area contributed by atoms with Crippen molar-refractivity contribution >= 4 is 54.8 Å². The lowest BCUT2D eigenvalue weighted by Crippen LogP contribution is -2.47. The highest BCUT2D eigenvalue weighted by atomic mass is 79.9. The van der Waals surface area contributed by atoms with Gasteiger partial charge in [-0.15, -0.1) is 0 Å². The van der Waals surface area contributed by atoms with Gasteiger partial charge in [0.05, 0.1) is 11.4 Å². The van der Waals surface area contributed by atoms with Gasteiger partial charge in [-0.3, -0.25) is 4.90 Å². The molecule has 2 heterocycles. The molecule has 2 aliphatic rings. The Hall–Kier alpha value is -1.41. The summed E-state index contributed by atoms with van der Waals surface area (Å²) in [6.45, 7) is 0. The Bertz CT molecular complexity index is 757. The van der Waals surface area contributed by atoms with Gasteiger partial charge in [0.1, 0.15) is 0 Å². The van der Waals surface area contributed by atoms with Crippen molar-refractivity contribution < 1.29 is 9.78 Å². The molecule has 1 fully saturated rings. The topological polar surface area (TPSA) is 66.7 Å². The third kappa shape index (κ3) is 2.00. The van der Waals surface area contributed by atoms with Crippen LogP contribution in [0.3, 0.4) is 0 Å². The number of fused-ring (bicyclic) bond motifs is 1. The molecule has 1 saturated heterocycles. The summed E-state index contributed by atoms with van der Waals surface area (Å²) in [5.74, 6) is -0.856. The maximum atomic E-state index is 6.03. The fraction of sp³-hybridized carbons (Fsp3) is 0.0714. The smallest absolute Gasteiger partial charge is 0.373 e. The molecule has 0 bridgehead atoms. The molecule has 21 heavy (non-hydrogen) atoms. The molecule has 0 amide bonds. The zero-order chi connectivity index (χ0) is 14.6. The number of nitrogens with zero attached hydrogens (tertiary/aromatic N) is 2. The van der Waals surface area contributed by atoms with Gasteiger partial charge in [0.2, 0.25) is 0 Å². The quantitative estimate of drug-likeness (QED) is 0.570. The van der Waals surface area contributed by atoms with Gasteiger partial charge in [0.25, 0.3) is 0 Å². The molecule has 2 N–H and O–H groups in total. The first-order valence-electron chi connectivity index (χ1n) is 6.17. The largest absolute Gasteiger partial charge is 0.381 e. The van der Waals surface area contributed by atoms with Gasteiger partial charge in [0, 0.05) is 14.6 Å². The molecule has 4 rings (SSSR count). The minimum atomic E-state index is -1.13. The fourth-order valence-corrected chi connectivity index (χ4v) is 2.96. The summed E-state index contributed by atoms with van der Waals surface area (Å²) < 4.78 is 1.93. The van der Waals surface area contributed by atoms with E-state index >= 15 is 0 Å². The summed E-state index contributed by atoms with van der Waals surface area (Å²) in [5.41, 5.74) is 8.56. The molecule has 0 atom stereocenters. The Morgan fingerprint density at radius 3 is 2.33 bits per heavy atom. The minimum Gasteiger partial charge on any atom is -0.381 e. The van der Waals surface area contributed by atoms with E-state index in [0.717, 1.165) is 26.0 Å². The number of hydrogen-bond acceptors (Lipinski definition) is 5. The van der Waals surface area contributed by atoms with E-state index in [1.54, 1.807) is 0 Å². The molecule has 7 heteroatoms. The first-order chi connectivity index (χ1) is 10.1.